The van der Waals surface area contributed by atoms with Crippen molar-refractivity contribution in [1.82, 2.24) is 19.9 Å². The Morgan fingerprint density at radius 1 is 1.19 bits per heavy atom. The van der Waals surface area contributed by atoms with Gasteiger partial charge in [0.2, 0.25) is 5.95 Å². The van der Waals surface area contributed by atoms with Crippen molar-refractivity contribution in [3.8, 4) is 10.7 Å². The third-order valence-electron chi connectivity index (χ3n) is 5.59. The van der Waals surface area contributed by atoms with Gasteiger partial charge in [0, 0.05) is 42.1 Å². The van der Waals surface area contributed by atoms with Gasteiger partial charge in [-0.3, -0.25) is 4.79 Å². The molecule has 0 atom stereocenters. The highest BCUT2D eigenvalue weighted by atomic mass is 32.1. The quantitative estimate of drug-likeness (QED) is 0.489. The van der Waals surface area contributed by atoms with Gasteiger partial charge in [-0.1, -0.05) is 12.1 Å². The molecular formula is C23H27N5O2S. The number of rotatable bonds is 9. The molecule has 1 aliphatic heterocycles. The summed E-state index contributed by atoms with van der Waals surface area (Å²) in [6.07, 6.45) is 6.92. The molecule has 8 heteroatoms. The second kappa shape index (κ2) is 10.6. The topological polar surface area (TPSA) is 91.2 Å². The first-order chi connectivity index (χ1) is 15.2. The molecule has 3 aromatic rings. The molecule has 0 bridgehead atoms. The maximum atomic E-state index is 12.7. The fraction of sp³-hybridized carbons (Fsp3) is 0.391. The van der Waals surface area contributed by atoms with Gasteiger partial charge < -0.3 is 15.3 Å². The first-order valence-corrected chi connectivity index (χ1v) is 11.6. The summed E-state index contributed by atoms with van der Waals surface area (Å²) in [5, 5.41) is 15.2. The number of ketones is 1. The molecule has 0 saturated carbocycles. The van der Waals surface area contributed by atoms with Gasteiger partial charge in [0.1, 0.15) is 10.7 Å². The number of thiazole rings is 1. The minimum absolute atomic E-state index is 0.145. The van der Waals surface area contributed by atoms with Crippen LogP contribution < -0.4 is 5.32 Å². The number of piperidine rings is 1. The normalized spacial score (nSPS) is 15.1. The van der Waals surface area contributed by atoms with E-state index in [2.05, 4.69) is 25.2 Å². The number of anilines is 2. The number of Topliss-reactive ketones (excluding diaryl/α,β-unsaturated/α-hetero) is 1. The number of aliphatic hydroxyl groups excluding tert-OH is 1. The molecule has 31 heavy (non-hydrogen) atoms. The number of nitrogens with one attached hydrogen (secondary N) is 1. The van der Waals surface area contributed by atoms with Crippen molar-refractivity contribution in [1.29, 1.82) is 0 Å². The third kappa shape index (κ3) is 5.94. The molecule has 1 saturated heterocycles. The summed E-state index contributed by atoms with van der Waals surface area (Å²) < 4.78 is 0. The number of benzene rings is 1. The van der Waals surface area contributed by atoms with Gasteiger partial charge in [-0.15, -0.1) is 11.3 Å². The van der Waals surface area contributed by atoms with E-state index in [9.17, 15) is 9.90 Å². The van der Waals surface area contributed by atoms with Gasteiger partial charge in [0.15, 0.2) is 5.78 Å². The van der Waals surface area contributed by atoms with Crippen LogP contribution in [0.25, 0.3) is 10.7 Å². The Kier molecular flexibility index (Phi) is 7.35. The molecule has 1 fully saturated rings. The molecule has 0 unspecified atom stereocenters. The van der Waals surface area contributed by atoms with Crippen molar-refractivity contribution < 1.29 is 9.90 Å². The molecule has 4 rings (SSSR count). The van der Waals surface area contributed by atoms with Gasteiger partial charge in [-0.25, -0.2) is 15.0 Å². The van der Waals surface area contributed by atoms with Gasteiger partial charge in [-0.05, 0) is 63.0 Å². The molecule has 2 N–H and O–H groups in total. The minimum atomic E-state index is 0.145. The van der Waals surface area contributed by atoms with Crippen molar-refractivity contribution in [2.24, 2.45) is 5.92 Å². The van der Waals surface area contributed by atoms with Gasteiger partial charge >= 0.3 is 0 Å². The minimum Gasteiger partial charge on any atom is -0.396 e. The zero-order valence-electron chi connectivity index (χ0n) is 17.4. The number of carbonyl (C=O) groups is 1. The van der Waals surface area contributed by atoms with Crippen molar-refractivity contribution in [3.63, 3.8) is 0 Å². The van der Waals surface area contributed by atoms with E-state index < -0.39 is 0 Å². The second-order valence-corrected chi connectivity index (χ2v) is 8.70. The molecule has 1 aromatic carbocycles. The molecule has 3 heterocycles. The lowest BCUT2D eigenvalue weighted by molar-refractivity contribution is 0.0964. The lowest BCUT2D eigenvalue weighted by Crippen LogP contribution is -2.35. The van der Waals surface area contributed by atoms with E-state index in [0.29, 0.717) is 23.9 Å². The maximum absolute atomic E-state index is 12.7. The third-order valence-corrected chi connectivity index (χ3v) is 6.39. The maximum Gasteiger partial charge on any atom is 0.227 e. The summed E-state index contributed by atoms with van der Waals surface area (Å²) in [6.45, 7) is 3.24. The zero-order chi connectivity index (χ0) is 21.5. The Bertz CT molecular complexity index is 987. The molecule has 2 aromatic heterocycles. The van der Waals surface area contributed by atoms with Crippen LogP contribution in [0.4, 0.5) is 11.6 Å². The van der Waals surface area contributed by atoms with Crippen LogP contribution in [-0.4, -0.2) is 57.0 Å². The van der Waals surface area contributed by atoms with Crippen LogP contribution >= 0.6 is 11.3 Å². The first-order valence-electron chi connectivity index (χ1n) is 10.7. The van der Waals surface area contributed by atoms with Gasteiger partial charge in [0.05, 0.1) is 0 Å². The zero-order valence-corrected chi connectivity index (χ0v) is 18.2. The van der Waals surface area contributed by atoms with E-state index in [4.69, 9.17) is 0 Å². The molecule has 0 aliphatic carbocycles. The van der Waals surface area contributed by atoms with E-state index in [0.717, 1.165) is 55.3 Å². The average molecular weight is 438 g/mol. The predicted octanol–water partition coefficient (Wildman–Crippen LogP) is 4.01. The Labute approximate surface area is 186 Å². The predicted molar refractivity (Wildman–Crippen MR) is 123 cm³/mol. The number of likely N-dealkylation sites (tertiary alicyclic amines) is 1. The van der Waals surface area contributed by atoms with E-state index in [1.807, 2.05) is 35.7 Å². The van der Waals surface area contributed by atoms with E-state index in [1.54, 1.807) is 12.4 Å². The molecule has 1 aliphatic rings. The van der Waals surface area contributed by atoms with Crippen LogP contribution in [0.5, 0.6) is 0 Å². The number of aliphatic hydroxyl groups is 1. The standard InChI is InChI=1S/C23H27N5O2S/c29-16-17-7-12-28(13-8-17)11-2-5-21(30)18-3-1-4-19(15-18)26-23-25-9-6-20(27-23)22-24-10-14-31-22/h1,3-4,6,9-10,14-15,17,29H,2,5,7-8,11-13,16H2,(H,25,26,27). The van der Waals surface area contributed by atoms with Crippen LogP contribution in [0.3, 0.4) is 0 Å². The van der Waals surface area contributed by atoms with Crippen LogP contribution in [0.15, 0.2) is 48.1 Å². The number of carbonyl (C=O) groups excluding carboxylic acids is 1. The summed E-state index contributed by atoms with van der Waals surface area (Å²) >= 11 is 1.53. The fourth-order valence-electron chi connectivity index (χ4n) is 3.79. The number of hydrogen-bond acceptors (Lipinski definition) is 8. The largest absolute Gasteiger partial charge is 0.396 e. The van der Waals surface area contributed by atoms with Gasteiger partial charge in [0.25, 0.3) is 0 Å². The lowest BCUT2D eigenvalue weighted by atomic mass is 9.97. The highest BCUT2D eigenvalue weighted by molar-refractivity contribution is 7.13. The highest BCUT2D eigenvalue weighted by Crippen LogP contribution is 2.22. The first kappa shape index (κ1) is 21.5. The van der Waals surface area contributed by atoms with Crippen LogP contribution in [0, 0.1) is 5.92 Å². The van der Waals surface area contributed by atoms with Crippen LogP contribution in [0.1, 0.15) is 36.0 Å². The number of hydrogen-bond donors (Lipinski definition) is 2. The average Bonchev–Trinajstić information content (AvgIpc) is 3.35. The molecular weight excluding hydrogens is 410 g/mol. The monoisotopic (exact) mass is 437 g/mol. The van der Waals surface area contributed by atoms with Crippen LogP contribution in [0.2, 0.25) is 0 Å². The summed E-state index contributed by atoms with van der Waals surface area (Å²) in [6, 6.07) is 9.32. The Morgan fingerprint density at radius 3 is 2.84 bits per heavy atom. The molecule has 0 radical (unpaired) electrons. The molecule has 7 nitrogen and oxygen atoms in total. The summed E-state index contributed by atoms with van der Waals surface area (Å²) in [4.78, 5) is 28.2. The molecule has 0 amide bonds. The smallest absolute Gasteiger partial charge is 0.227 e. The van der Waals surface area contributed by atoms with Crippen molar-refractivity contribution >= 4 is 28.8 Å². The van der Waals surface area contributed by atoms with E-state index >= 15 is 0 Å². The summed E-state index contributed by atoms with van der Waals surface area (Å²) in [7, 11) is 0. The van der Waals surface area contributed by atoms with Crippen molar-refractivity contribution in [3.05, 3.63) is 53.7 Å². The van der Waals surface area contributed by atoms with E-state index in [1.165, 1.54) is 11.3 Å². The molecule has 162 valence electrons. The van der Waals surface area contributed by atoms with Crippen molar-refractivity contribution in [2.45, 2.75) is 25.7 Å². The fourth-order valence-corrected chi connectivity index (χ4v) is 4.39. The Hall–Kier alpha value is -2.68. The number of aromatic nitrogens is 3. The summed E-state index contributed by atoms with van der Waals surface area (Å²) in [5.41, 5.74) is 2.25. The SMILES string of the molecule is O=C(CCCN1CCC(CO)CC1)c1cccc(Nc2nccc(-c3nccs3)n2)c1. The van der Waals surface area contributed by atoms with Crippen molar-refractivity contribution in [2.75, 3.05) is 31.6 Å². The Balaban J connectivity index is 1.31. The van der Waals surface area contributed by atoms with Crippen LogP contribution in [-0.2, 0) is 0 Å². The number of nitrogens with zero attached hydrogens (tertiary/aromatic N) is 4. The summed E-state index contributed by atoms with van der Waals surface area (Å²) in [5.74, 6) is 1.06. The van der Waals surface area contributed by atoms with E-state index in [-0.39, 0.29) is 12.4 Å². The Morgan fingerprint density at radius 2 is 2.06 bits per heavy atom. The second-order valence-electron chi connectivity index (χ2n) is 7.80. The van der Waals surface area contributed by atoms with Gasteiger partial charge in [-0.2, -0.15) is 0 Å². The highest BCUT2D eigenvalue weighted by Gasteiger charge is 2.18. The lowest BCUT2D eigenvalue weighted by Gasteiger charge is -2.30. The molecule has 0 spiro atoms.